The third-order valence-corrected chi connectivity index (χ3v) is 3.24. The number of nitrogens with one attached hydrogen (secondary N) is 1. The summed E-state index contributed by atoms with van der Waals surface area (Å²) in [6, 6.07) is 8.07. The van der Waals surface area contributed by atoms with Crippen molar-refractivity contribution in [1.82, 2.24) is 4.98 Å². The largest absolute Gasteiger partial charge is 0.461 e. The summed E-state index contributed by atoms with van der Waals surface area (Å²) in [4.78, 5) is 40.3. The number of esters is 1. The Morgan fingerprint density at radius 2 is 1.76 bits per heavy atom. The molecule has 21 heavy (non-hydrogen) atoms. The molecule has 6 nitrogen and oxygen atoms in total. The number of benzene rings is 1. The molecule has 1 aromatic carbocycles. The number of anilines is 1. The van der Waals surface area contributed by atoms with Crippen LogP contribution in [-0.2, 0) is 4.74 Å². The van der Waals surface area contributed by atoms with Crippen LogP contribution in [0.25, 0.3) is 0 Å². The lowest BCUT2D eigenvalue weighted by molar-refractivity contribution is 0.0521. The molecule has 2 aromatic rings. The number of H-pyrrole nitrogens is 1. The Morgan fingerprint density at radius 1 is 1.14 bits per heavy atom. The van der Waals surface area contributed by atoms with E-state index in [4.69, 9.17) is 4.74 Å². The number of hydrogen-bond acceptors (Lipinski definition) is 4. The summed E-state index contributed by atoms with van der Waals surface area (Å²) in [5.74, 6) is -1.49. The lowest BCUT2D eigenvalue weighted by atomic mass is 10.1. The zero-order valence-electron chi connectivity index (χ0n) is 11.3. The van der Waals surface area contributed by atoms with Crippen LogP contribution in [0.4, 0.5) is 5.69 Å². The highest BCUT2D eigenvalue weighted by atomic mass is 16.5. The van der Waals surface area contributed by atoms with E-state index in [0.717, 1.165) is 4.90 Å². The molecule has 0 atom stereocenters. The molecule has 6 heteroatoms. The molecular formula is C15H12N2O4. The minimum Gasteiger partial charge on any atom is -0.461 e. The van der Waals surface area contributed by atoms with Gasteiger partial charge in [0.05, 0.1) is 23.4 Å². The van der Waals surface area contributed by atoms with Crippen molar-refractivity contribution in [1.29, 1.82) is 0 Å². The Bertz CT molecular complexity index is 713. The summed E-state index contributed by atoms with van der Waals surface area (Å²) in [5, 5.41) is 0. The predicted octanol–water partition coefficient (Wildman–Crippen LogP) is 1.99. The normalized spacial score (nSPS) is 13.5. The van der Waals surface area contributed by atoms with Crippen molar-refractivity contribution in [2.45, 2.75) is 6.92 Å². The van der Waals surface area contributed by atoms with Crippen molar-refractivity contribution in [2.24, 2.45) is 0 Å². The van der Waals surface area contributed by atoms with Gasteiger partial charge in [0.1, 0.15) is 5.69 Å². The van der Waals surface area contributed by atoms with Crippen LogP contribution in [0.2, 0.25) is 0 Å². The second-order valence-corrected chi connectivity index (χ2v) is 4.45. The number of carbonyl (C=O) groups is 3. The molecule has 0 saturated heterocycles. The maximum atomic E-state index is 12.4. The van der Waals surface area contributed by atoms with Crippen LogP contribution < -0.4 is 4.90 Å². The van der Waals surface area contributed by atoms with E-state index >= 15 is 0 Å². The average molecular weight is 284 g/mol. The fourth-order valence-corrected chi connectivity index (χ4v) is 2.32. The molecule has 0 saturated carbocycles. The maximum Gasteiger partial charge on any atom is 0.356 e. The van der Waals surface area contributed by atoms with Gasteiger partial charge >= 0.3 is 5.97 Å². The van der Waals surface area contributed by atoms with E-state index in [9.17, 15) is 14.4 Å². The fourth-order valence-electron chi connectivity index (χ4n) is 2.32. The molecule has 3 rings (SSSR count). The highest BCUT2D eigenvalue weighted by molar-refractivity contribution is 6.35. The summed E-state index contributed by atoms with van der Waals surface area (Å²) < 4.78 is 4.91. The molecule has 1 aliphatic heterocycles. The number of aromatic amines is 1. The van der Waals surface area contributed by atoms with E-state index in [1.54, 1.807) is 31.2 Å². The van der Waals surface area contributed by atoms with Crippen LogP contribution in [0.15, 0.2) is 36.5 Å². The zero-order chi connectivity index (χ0) is 15.0. The third-order valence-electron chi connectivity index (χ3n) is 3.24. The number of nitrogens with zero attached hydrogens (tertiary/aromatic N) is 1. The van der Waals surface area contributed by atoms with Crippen molar-refractivity contribution < 1.29 is 19.1 Å². The van der Waals surface area contributed by atoms with E-state index < -0.39 is 17.8 Å². The predicted molar refractivity (Wildman–Crippen MR) is 74.3 cm³/mol. The minimum absolute atomic E-state index is 0.0892. The smallest absolute Gasteiger partial charge is 0.356 e. The Hall–Kier alpha value is -2.89. The van der Waals surface area contributed by atoms with Crippen molar-refractivity contribution in [2.75, 3.05) is 11.5 Å². The van der Waals surface area contributed by atoms with E-state index in [1.165, 1.54) is 12.3 Å². The second-order valence-electron chi connectivity index (χ2n) is 4.45. The lowest BCUT2D eigenvalue weighted by Crippen LogP contribution is -2.30. The molecule has 0 fully saturated rings. The number of carbonyl (C=O) groups excluding carboxylic acids is 3. The van der Waals surface area contributed by atoms with Crippen molar-refractivity contribution in [3.05, 3.63) is 53.3 Å². The number of imide groups is 1. The summed E-state index contributed by atoms with van der Waals surface area (Å²) in [6.07, 6.45) is 1.49. The Balaban J connectivity index is 2.04. The first-order valence-electron chi connectivity index (χ1n) is 6.47. The van der Waals surface area contributed by atoms with E-state index in [1.807, 2.05) is 0 Å². The summed E-state index contributed by atoms with van der Waals surface area (Å²) >= 11 is 0. The van der Waals surface area contributed by atoms with Crippen LogP contribution >= 0.6 is 0 Å². The summed E-state index contributed by atoms with van der Waals surface area (Å²) in [7, 11) is 0. The Kier molecular flexibility index (Phi) is 3.06. The first-order chi connectivity index (χ1) is 10.1. The van der Waals surface area contributed by atoms with Gasteiger partial charge in [0.25, 0.3) is 11.8 Å². The van der Waals surface area contributed by atoms with Gasteiger partial charge in [0.2, 0.25) is 0 Å². The SMILES string of the molecule is CCOC(=O)c1[nH]ccc1N1C(=O)c2ccccc2C1=O. The number of hydrogen-bond donors (Lipinski definition) is 1. The molecule has 0 spiro atoms. The van der Waals surface area contributed by atoms with Gasteiger partial charge in [-0.2, -0.15) is 0 Å². The quantitative estimate of drug-likeness (QED) is 0.690. The first kappa shape index (κ1) is 13.1. The van der Waals surface area contributed by atoms with Crippen LogP contribution in [0, 0.1) is 0 Å². The molecule has 1 N–H and O–H groups in total. The van der Waals surface area contributed by atoms with Gasteiger partial charge in [0.15, 0.2) is 0 Å². The van der Waals surface area contributed by atoms with E-state index in [2.05, 4.69) is 4.98 Å². The molecule has 0 bridgehead atoms. The number of aromatic nitrogens is 1. The van der Waals surface area contributed by atoms with Crippen molar-refractivity contribution in [3.8, 4) is 0 Å². The van der Waals surface area contributed by atoms with Gasteiger partial charge < -0.3 is 9.72 Å². The average Bonchev–Trinajstić information content (AvgIpc) is 3.04. The molecule has 0 aliphatic carbocycles. The highest BCUT2D eigenvalue weighted by Gasteiger charge is 2.38. The highest BCUT2D eigenvalue weighted by Crippen LogP contribution is 2.30. The van der Waals surface area contributed by atoms with E-state index in [0.29, 0.717) is 11.1 Å². The minimum atomic E-state index is -0.603. The van der Waals surface area contributed by atoms with Gasteiger partial charge in [-0.1, -0.05) is 12.1 Å². The first-order valence-corrected chi connectivity index (χ1v) is 6.47. The molecule has 0 radical (unpaired) electrons. The van der Waals surface area contributed by atoms with Crippen LogP contribution in [0.3, 0.4) is 0 Å². The van der Waals surface area contributed by atoms with Crippen LogP contribution in [0.5, 0.6) is 0 Å². The molecule has 2 heterocycles. The molecule has 0 unspecified atom stereocenters. The molecule has 1 aliphatic rings. The van der Waals surface area contributed by atoms with Crippen molar-refractivity contribution in [3.63, 3.8) is 0 Å². The molecule has 106 valence electrons. The van der Waals surface area contributed by atoms with Gasteiger partial charge in [-0.25, -0.2) is 9.69 Å². The summed E-state index contributed by atoms with van der Waals surface area (Å²) in [5.41, 5.74) is 0.961. The maximum absolute atomic E-state index is 12.4. The molecular weight excluding hydrogens is 272 g/mol. The lowest BCUT2D eigenvalue weighted by Gasteiger charge is -2.13. The topological polar surface area (TPSA) is 79.5 Å². The van der Waals surface area contributed by atoms with Gasteiger partial charge in [0, 0.05) is 6.20 Å². The summed E-state index contributed by atoms with van der Waals surface area (Å²) in [6.45, 7) is 1.89. The second kappa shape index (κ2) is 4.90. The van der Waals surface area contributed by atoms with Crippen LogP contribution in [0.1, 0.15) is 38.1 Å². The number of ether oxygens (including phenoxy) is 1. The monoisotopic (exact) mass is 284 g/mol. The van der Waals surface area contributed by atoms with Crippen molar-refractivity contribution >= 4 is 23.5 Å². The Labute approximate surface area is 120 Å². The molecule has 2 amide bonds. The van der Waals surface area contributed by atoms with Crippen LogP contribution in [-0.4, -0.2) is 29.4 Å². The Morgan fingerprint density at radius 3 is 2.33 bits per heavy atom. The molecule has 1 aromatic heterocycles. The number of rotatable bonds is 3. The van der Waals surface area contributed by atoms with Gasteiger partial charge in [-0.3, -0.25) is 9.59 Å². The van der Waals surface area contributed by atoms with E-state index in [-0.39, 0.29) is 18.0 Å². The standard InChI is InChI=1S/C15H12N2O4/c1-2-21-15(20)12-11(7-8-16-12)17-13(18)9-5-3-4-6-10(9)14(17)19/h3-8,16H,2H2,1H3. The zero-order valence-corrected chi connectivity index (χ0v) is 11.3. The third kappa shape index (κ3) is 1.92. The van der Waals surface area contributed by atoms with Gasteiger partial charge in [-0.15, -0.1) is 0 Å². The fraction of sp³-hybridized carbons (Fsp3) is 0.133. The number of amides is 2. The van der Waals surface area contributed by atoms with Gasteiger partial charge in [-0.05, 0) is 25.1 Å². The number of fused-ring (bicyclic) bond motifs is 1.